The molecule has 0 aliphatic heterocycles. The highest BCUT2D eigenvalue weighted by Crippen LogP contribution is 2.17. The lowest BCUT2D eigenvalue weighted by molar-refractivity contribution is -0.120. The summed E-state index contributed by atoms with van der Waals surface area (Å²) in [6, 6.07) is 17.9. The first-order valence-corrected chi connectivity index (χ1v) is 11.2. The molecule has 0 heterocycles. The molecule has 9 heteroatoms. The van der Waals surface area contributed by atoms with Gasteiger partial charge in [0.1, 0.15) is 5.82 Å². The molecule has 0 spiro atoms. The molecule has 0 aliphatic carbocycles. The van der Waals surface area contributed by atoms with Crippen molar-refractivity contribution in [3.05, 3.63) is 95.3 Å². The lowest BCUT2D eigenvalue weighted by Crippen LogP contribution is -2.25. The Kier molecular flexibility index (Phi) is 7.21. The Bertz CT molecular complexity index is 1210. The van der Waals surface area contributed by atoms with Crippen molar-refractivity contribution in [3.8, 4) is 0 Å². The van der Waals surface area contributed by atoms with Gasteiger partial charge < -0.3 is 10.6 Å². The van der Waals surface area contributed by atoms with Crippen molar-refractivity contribution < 1.29 is 22.4 Å². The molecule has 0 unspecified atom stereocenters. The number of sulfonamides is 1. The van der Waals surface area contributed by atoms with E-state index in [9.17, 15) is 22.4 Å². The van der Waals surface area contributed by atoms with Crippen LogP contribution in [0.3, 0.4) is 0 Å². The molecule has 0 aromatic heterocycles. The van der Waals surface area contributed by atoms with Crippen molar-refractivity contribution in [2.24, 2.45) is 0 Å². The van der Waals surface area contributed by atoms with Gasteiger partial charge in [0.15, 0.2) is 0 Å². The molecule has 7 nitrogen and oxygen atoms in total. The molecule has 166 valence electrons. The average Bonchev–Trinajstić information content (AvgIpc) is 2.79. The van der Waals surface area contributed by atoms with Gasteiger partial charge in [-0.2, -0.15) is 0 Å². The van der Waals surface area contributed by atoms with Gasteiger partial charge in [-0.3, -0.25) is 14.3 Å². The van der Waals surface area contributed by atoms with Crippen LogP contribution in [0, 0.1) is 5.82 Å². The third-order valence-corrected chi connectivity index (χ3v) is 6.00. The highest BCUT2D eigenvalue weighted by atomic mass is 32.2. The van der Waals surface area contributed by atoms with Crippen molar-refractivity contribution >= 4 is 27.5 Å². The lowest BCUT2D eigenvalue weighted by Gasteiger charge is -2.10. The molecule has 0 saturated heterocycles. The van der Waals surface area contributed by atoms with Crippen molar-refractivity contribution in [2.75, 3.05) is 11.8 Å². The van der Waals surface area contributed by atoms with Crippen molar-refractivity contribution in [3.63, 3.8) is 0 Å². The summed E-state index contributed by atoms with van der Waals surface area (Å²) in [6.07, 6.45) is 0.111. The molecule has 3 aromatic rings. The fourth-order valence-electron chi connectivity index (χ4n) is 2.93. The molecular formula is C23H22FN3O4S. The predicted molar refractivity (Wildman–Crippen MR) is 119 cm³/mol. The number of benzene rings is 3. The van der Waals surface area contributed by atoms with Gasteiger partial charge in [0.25, 0.3) is 15.9 Å². The van der Waals surface area contributed by atoms with Gasteiger partial charge in [-0.1, -0.05) is 24.3 Å². The van der Waals surface area contributed by atoms with Crippen molar-refractivity contribution in [1.29, 1.82) is 0 Å². The molecule has 3 N–H and O–H groups in total. The second kappa shape index (κ2) is 10.1. The van der Waals surface area contributed by atoms with Gasteiger partial charge in [0.05, 0.1) is 11.3 Å². The Morgan fingerprint density at radius 3 is 2.25 bits per heavy atom. The third kappa shape index (κ3) is 6.14. The molecule has 3 rings (SSSR count). The summed E-state index contributed by atoms with van der Waals surface area (Å²) < 4.78 is 40.1. The quantitative estimate of drug-likeness (QED) is 0.486. The minimum Gasteiger partial charge on any atom is -0.355 e. The number of amides is 2. The molecule has 0 bridgehead atoms. The van der Waals surface area contributed by atoms with Crippen molar-refractivity contribution in [2.45, 2.75) is 17.9 Å². The van der Waals surface area contributed by atoms with E-state index in [0.29, 0.717) is 16.8 Å². The van der Waals surface area contributed by atoms with Gasteiger partial charge in [0, 0.05) is 24.8 Å². The fraction of sp³-hybridized carbons (Fsp3) is 0.130. The minimum absolute atomic E-state index is 0.0529. The van der Waals surface area contributed by atoms with Gasteiger partial charge in [-0.05, 0) is 59.7 Å². The van der Waals surface area contributed by atoms with E-state index in [-0.39, 0.29) is 29.7 Å². The van der Waals surface area contributed by atoms with E-state index >= 15 is 0 Å². The second-order valence-electron chi connectivity index (χ2n) is 6.99. The highest BCUT2D eigenvalue weighted by molar-refractivity contribution is 7.92. The van der Waals surface area contributed by atoms with Crippen LogP contribution < -0.4 is 15.4 Å². The van der Waals surface area contributed by atoms with Gasteiger partial charge >= 0.3 is 0 Å². The van der Waals surface area contributed by atoms with Crippen LogP contribution in [-0.4, -0.2) is 27.3 Å². The van der Waals surface area contributed by atoms with E-state index in [4.69, 9.17) is 0 Å². The summed E-state index contributed by atoms with van der Waals surface area (Å²) in [5.41, 5.74) is 2.33. The predicted octanol–water partition coefficient (Wildman–Crippen LogP) is 2.85. The van der Waals surface area contributed by atoms with Crippen LogP contribution in [0.1, 0.15) is 21.5 Å². The molecule has 0 fully saturated rings. The maximum atomic E-state index is 13.0. The maximum Gasteiger partial charge on any atom is 0.261 e. The number of nitrogens with one attached hydrogen (secondary N) is 3. The first-order valence-electron chi connectivity index (χ1n) is 9.72. The first kappa shape index (κ1) is 23.0. The number of halogens is 1. The third-order valence-electron chi connectivity index (χ3n) is 4.60. The van der Waals surface area contributed by atoms with Gasteiger partial charge in [0.2, 0.25) is 5.91 Å². The van der Waals surface area contributed by atoms with E-state index in [0.717, 1.165) is 17.7 Å². The van der Waals surface area contributed by atoms with Gasteiger partial charge in [-0.15, -0.1) is 0 Å². The van der Waals surface area contributed by atoms with Crippen LogP contribution in [0.25, 0.3) is 0 Å². The molecule has 2 amide bonds. The summed E-state index contributed by atoms with van der Waals surface area (Å²) in [6.45, 7) is 0.277. The summed E-state index contributed by atoms with van der Waals surface area (Å²) in [4.78, 5) is 23.9. The average molecular weight is 456 g/mol. The molecule has 0 atom stereocenters. The summed E-state index contributed by atoms with van der Waals surface area (Å²) >= 11 is 0. The van der Waals surface area contributed by atoms with Crippen LogP contribution in [-0.2, 0) is 27.8 Å². The van der Waals surface area contributed by atoms with Gasteiger partial charge in [-0.25, -0.2) is 12.8 Å². The number of rotatable bonds is 8. The monoisotopic (exact) mass is 455 g/mol. The lowest BCUT2D eigenvalue weighted by atomic mass is 10.1. The summed E-state index contributed by atoms with van der Waals surface area (Å²) in [5, 5.41) is 5.35. The van der Waals surface area contributed by atoms with E-state index < -0.39 is 15.8 Å². The number of carbonyl (C=O) groups excluding carboxylic acids is 2. The molecule has 0 aliphatic rings. The second-order valence-corrected chi connectivity index (χ2v) is 8.67. The normalized spacial score (nSPS) is 10.9. The zero-order chi connectivity index (χ0) is 23.1. The number of hydrogen-bond acceptors (Lipinski definition) is 4. The van der Waals surface area contributed by atoms with E-state index in [1.165, 1.54) is 12.1 Å². The molecule has 32 heavy (non-hydrogen) atoms. The van der Waals surface area contributed by atoms with Crippen LogP contribution >= 0.6 is 0 Å². The molecule has 0 saturated carbocycles. The summed E-state index contributed by atoms with van der Waals surface area (Å²) in [7, 11) is -2.29. The minimum atomic E-state index is -3.84. The number of hydrogen-bond donors (Lipinski definition) is 3. The molecule has 3 aromatic carbocycles. The van der Waals surface area contributed by atoms with Crippen LogP contribution in [0.4, 0.5) is 10.1 Å². The standard InChI is InChI=1S/C23H22FN3O4S/c1-25-23(29)18-4-2-3-17(13-18)15-26-22(28)14-16-5-9-20(10-6-16)27-32(30,31)21-11-7-19(24)8-12-21/h2-13,27H,14-15H2,1H3,(H,25,29)(H,26,28). The number of carbonyl (C=O) groups is 2. The Hall–Kier alpha value is -3.72. The zero-order valence-electron chi connectivity index (χ0n) is 17.3. The van der Waals surface area contributed by atoms with E-state index in [1.807, 2.05) is 6.07 Å². The zero-order valence-corrected chi connectivity index (χ0v) is 18.1. The Balaban J connectivity index is 1.55. The highest BCUT2D eigenvalue weighted by Gasteiger charge is 2.14. The molecular weight excluding hydrogens is 433 g/mol. The SMILES string of the molecule is CNC(=O)c1cccc(CNC(=O)Cc2ccc(NS(=O)(=O)c3ccc(F)cc3)cc2)c1. The Morgan fingerprint density at radius 1 is 0.906 bits per heavy atom. The van der Waals surface area contributed by atoms with Crippen LogP contribution in [0.2, 0.25) is 0 Å². The van der Waals surface area contributed by atoms with E-state index in [2.05, 4.69) is 15.4 Å². The smallest absolute Gasteiger partial charge is 0.261 e. The molecule has 0 radical (unpaired) electrons. The maximum absolute atomic E-state index is 13.0. The van der Waals surface area contributed by atoms with Crippen molar-refractivity contribution in [1.82, 2.24) is 10.6 Å². The Labute approximate surface area is 185 Å². The first-order chi connectivity index (χ1) is 15.3. The van der Waals surface area contributed by atoms with E-state index in [1.54, 1.807) is 49.5 Å². The fourth-order valence-corrected chi connectivity index (χ4v) is 3.99. The van der Waals surface area contributed by atoms with Crippen LogP contribution in [0.5, 0.6) is 0 Å². The Morgan fingerprint density at radius 2 is 1.59 bits per heavy atom. The van der Waals surface area contributed by atoms with Crippen LogP contribution in [0.15, 0.2) is 77.7 Å². The topological polar surface area (TPSA) is 104 Å². The summed E-state index contributed by atoms with van der Waals surface area (Å²) in [5.74, 6) is -0.936. The number of anilines is 1. The largest absolute Gasteiger partial charge is 0.355 e.